The zero-order valence-corrected chi connectivity index (χ0v) is 17.8. The van der Waals surface area contributed by atoms with Gasteiger partial charge < -0.3 is 5.32 Å². The number of aromatic nitrogens is 4. The van der Waals surface area contributed by atoms with Crippen molar-refractivity contribution in [3.8, 4) is 0 Å². The monoisotopic (exact) mass is 419 g/mol. The fraction of sp³-hybridized carbons (Fsp3) is 0.208. The predicted molar refractivity (Wildman–Crippen MR) is 126 cm³/mol. The molecule has 30 heavy (non-hydrogen) atoms. The zero-order chi connectivity index (χ0) is 19.9. The highest BCUT2D eigenvalue weighted by molar-refractivity contribution is 5.86. The number of benzene rings is 2. The highest BCUT2D eigenvalue weighted by atomic mass is 35.5. The van der Waals surface area contributed by atoms with Gasteiger partial charge in [-0.15, -0.1) is 12.4 Å². The number of hydrogen-bond donors (Lipinski definition) is 1. The van der Waals surface area contributed by atoms with Crippen LogP contribution >= 0.6 is 12.4 Å². The molecule has 0 bridgehead atoms. The molecule has 4 aromatic rings. The van der Waals surface area contributed by atoms with Gasteiger partial charge in [-0.1, -0.05) is 66.7 Å². The highest BCUT2D eigenvalue weighted by Crippen LogP contribution is 2.24. The van der Waals surface area contributed by atoms with Crippen LogP contribution in [0.25, 0.3) is 16.6 Å². The summed E-state index contributed by atoms with van der Waals surface area (Å²) in [7, 11) is 1.89. The van der Waals surface area contributed by atoms with Gasteiger partial charge in [-0.05, 0) is 36.0 Å². The average Bonchev–Trinajstić information content (AvgIpc) is 3.16. The fourth-order valence-corrected chi connectivity index (χ4v) is 3.46. The molecular weight excluding hydrogens is 394 g/mol. The third kappa shape index (κ3) is 5.05. The number of hydrogen-bond acceptors (Lipinski definition) is 4. The summed E-state index contributed by atoms with van der Waals surface area (Å²) in [5.41, 5.74) is 4.67. The maximum atomic E-state index is 4.36. The molecule has 0 spiro atoms. The molecule has 0 amide bonds. The molecule has 2 aromatic heterocycles. The van der Waals surface area contributed by atoms with Crippen LogP contribution in [0.1, 0.15) is 30.4 Å². The second-order valence-corrected chi connectivity index (χ2v) is 7.00. The van der Waals surface area contributed by atoms with Crippen molar-refractivity contribution in [3.63, 3.8) is 0 Å². The van der Waals surface area contributed by atoms with E-state index in [1.165, 1.54) is 16.7 Å². The number of unbranched alkanes of at least 4 members (excludes halogenated alkanes) is 2. The summed E-state index contributed by atoms with van der Waals surface area (Å²) in [5.74, 6) is 0.855. The third-order valence-corrected chi connectivity index (χ3v) is 4.97. The number of aryl methyl sites for hydroxylation is 1. The molecule has 154 valence electrons. The van der Waals surface area contributed by atoms with E-state index in [1.807, 2.05) is 13.2 Å². The van der Waals surface area contributed by atoms with Crippen LogP contribution in [0.15, 0.2) is 79.3 Å². The van der Waals surface area contributed by atoms with Crippen molar-refractivity contribution >= 4 is 34.8 Å². The Morgan fingerprint density at radius 3 is 2.27 bits per heavy atom. The molecule has 2 heterocycles. The van der Waals surface area contributed by atoms with E-state index in [-0.39, 0.29) is 12.4 Å². The number of rotatable bonds is 8. The van der Waals surface area contributed by atoms with Gasteiger partial charge in [0.25, 0.3) is 0 Å². The minimum atomic E-state index is 0. The van der Waals surface area contributed by atoms with Crippen LogP contribution in [-0.4, -0.2) is 26.3 Å². The van der Waals surface area contributed by atoms with Crippen molar-refractivity contribution in [2.24, 2.45) is 7.05 Å². The number of fused-ring (bicyclic) bond motifs is 1. The van der Waals surface area contributed by atoms with Crippen molar-refractivity contribution in [2.45, 2.75) is 19.3 Å². The van der Waals surface area contributed by atoms with Crippen molar-refractivity contribution in [3.05, 3.63) is 90.4 Å². The first kappa shape index (κ1) is 21.5. The largest absolute Gasteiger partial charge is 0.369 e. The third-order valence-electron chi connectivity index (χ3n) is 4.97. The highest BCUT2D eigenvalue weighted by Gasteiger charge is 2.07. The van der Waals surface area contributed by atoms with Crippen molar-refractivity contribution in [1.82, 2.24) is 19.7 Å². The first-order valence-electron chi connectivity index (χ1n) is 10.0. The Bertz CT molecular complexity index is 1050. The van der Waals surface area contributed by atoms with Gasteiger partial charge in [0.15, 0.2) is 5.65 Å². The van der Waals surface area contributed by atoms with E-state index in [1.54, 1.807) is 11.0 Å². The molecule has 0 aliphatic carbocycles. The molecule has 0 saturated carbocycles. The Balaban J connectivity index is 0.00000256. The molecule has 0 unspecified atom stereocenters. The van der Waals surface area contributed by atoms with E-state index in [0.29, 0.717) is 0 Å². The van der Waals surface area contributed by atoms with E-state index in [2.05, 4.69) is 87.1 Å². The Hall–Kier alpha value is -3.18. The van der Waals surface area contributed by atoms with Gasteiger partial charge in [0, 0.05) is 13.6 Å². The van der Waals surface area contributed by atoms with Crippen LogP contribution in [0.4, 0.5) is 5.82 Å². The van der Waals surface area contributed by atoms with Crippen LogP contribution in [0.2, 0.25) is 0 Å². The average molecular weight is 420 g/mol. The summed E-state index contributed by atoms with van der Waals surface area (Å²) in [4.78, 5) is 8.64. The Morgan fingerprint density at radius 1 is 0.933 bits per heavy atom. The van der Waals surface area contributed by atoms with Gasteiger partial charge in [-0.2, -0.15) is 5.10 Å². The lowest BCUT2D eigenvalue weighted by molar-refractivity contribution is 0.777. The van der Waals surface area contributed by atoms with Gasteiger partial charge >= 0.3 is 0 Å². The minimum absolute atomic E-state index is 0. The molecule has 4 rings (SSSR count). The second-order valence-electron chi connectivity index (χ2n) is 7.00. The lowest BCUT2D eigenvalue weighted by Gasteiger charge is -2.09. The predicted octanol–water partition coefficient (Wildman–Crippen LogP) is 5.50. The summed E-state index contributed by atoms with van der Waals surface area (Å²) in [6.07, 6.45) is 8.96. The molecular formula is C24H26ClN5. The van der Waals surface area contributed by atoms with E-state index < -0.39 is 0 Å². The topological polar surface area (TPSA) is 55.6 Å². The molecule has 0 saturated heterocycles. The lowest BCUT2D eigenvalue weighted by Crippen LogP contribution is -2.04. The van der Waals surface area contributed by atoms with Gasteiger partial charge in [0.2, 0.25) is 0 Å². The number of halogens is 1. The first-order valence-corrected chi connectivity index (χ1v) is 10.0. The molecule has 0 atom stereocenters. The summed E-state index contributed by atoms with van der Waals surface area (Å²) >= 11 is 0. The Kier molecular flexibility index (Phi) is 7.57. The molecule has 5 nitrogen and oxygen atoms in total. The molecule has 0 aliphatic rings. The van der Waals surface area contributed by atoms with Gasteiger partial charge in [0.05, 0.1) is 11.6 Å². The second kappa shape index (κ2) is 10.6. The number of anilines is 1. The quantitative estimate of drug-likeness (QED) is 0.383. The van der Waals surface area contributed by atoms with Gasteiger partial charge in [-0.25, -0.2) is 9.97 Å². The van der Waals surface area contributed by atoms with Crippen LogP contribution in [0.3, 0.4) is 0 Å². The van der Waals surface area contributed by atoms with Crippen LogP contribution in [0, 0.1) is 0 Å². The van der Waals surface area contributed by atoms with E-state index >= 15 is 0 Å². The molecule has 0 radical (unpaired) electrons. The summed E-state index contributed by atoms with van der Waals surface area (Å²) in [6.45, 7) is 0.876. The van der Waals surface area contributed by atoms with Gasteiger partial charge in [0.1, 0.15) is 12.1 Å². The number of nitrogens with zero attached hydrogens (tertiary/aromatic N) is 4. The van der Waals surface area contributed by atoms with Crippen LogP contribution in [0.5, 0.6) is 0 Å². The molecule has 2 aromatic carbocycles. The number of allylic oxidation sites excluding steroid dienone is 1. The molecule has 1 N–H and O–H groups in total. The van der Waals surface area contributed by atoms with Crippen LogP contribution in [-0.2, 0) is 7.05 Å². The maximum absolute atomic E-state index is 4.36. The Morgan fingerprint density at radius 2 is 1.60 bits per heavy atom. The van der Waals surface area contributed by atoms with Crippen molar-refractivity contribution < 1.29 is 0 Å². The minimum Gasteiger partial charge on any atom is -0.369 e. The summed E-state index contributed by atoms with van der Waals surface area (Å²) in [5, 5.41) is 8.65. The van der Waals surface area contributed by atoms with E-state index in [0.717, 1.165) is 42.7 Å². The number of nitrogens with one attached hydrogen (secondary N) is 1. The Labute approximate surface area is 183 Å². The maximum Gasteiger partial charge on any atom is 0.163 e. The lowest BCUT2D eigenvalue weighted by atomic mass is 9.96. The standard InChI is InChI=1S/C24H25N5.ClH/c1-29-24-22(17-28-29)23(26-18-27-24)25-16-10-4-9-15-21(19-11-5-2-6-12-19)20-13-7-3-8-14-20;/h2-3,5-8,11-15,17-18H,4,9-10,16H2,1H3,(H,25,26,27);1H. The first-order chi connectivity index (χ1) is 14.3. The van der Waals surface area contributed by atoms with Crippen molar-refractivity contribution in [2.75, 3.05) is 11.9 Å². The van der Waals surface area contributed by atoms with E-state index in [4.69, 9.17) is 0 Å². The molecule has 6 heteroatoms. The molecule has 0 fully saturated rings. The van der Waals surface area contributed by atoms with Crippen LogP contribution < -0.4 is 5.32 Å². The molecule has 0 aliphatic heterocycles. The summed E-state index contributed by atoms with van der Waals surface area (Å²) in [6, 6.07) is 21.2. The smallest absolute Gasteiger partial charge is 0.163 e. The van der Waals surface area contributed by atoms with Crippen molar-refractivity contribution in [1.29, 1.82) is 0 Å². The normalized spacial score (nSPS) is 10.4. The zero-order valence-electron chi connectivity index (χ0n) is 17.0. The SMILES string of the molecule is Cl.Cn1ncc2c(NCCCCC=C(c3ccccc3)c3ccccc3)ncnc21. The van der Waals surface area contributed by atoms with Gasteiger partial charge in [-0.3, -0.25) is 4.68 Å². The van der Waals surface area contributed by atoms with E-state index in [9.17, 15) is 0 Å². The summed E-state index contributed by atoms with van der Waals surface area (Å²) < 4.78 is 1.77. The fourth-order valence-electron chi connectivity index (χ4n) is 3.46.